The molecule has 0 aromatic heterocycles. The van der Waals surface area contributed by atoms with E-state index in [-0.39, 0.29) is 32.2 Å². The number of hydrogen-bond acceptors (Lipinski definition) is 8. The minimum Gasteiger partial charge on any atom is -0.545 e. The highest BCUT2D eigenvalue weighted by Gasteiger charge is 2.22. The monoisotopic (exact) mass is 1280 g/mol. The van der Waals surface area contributed by atoms with Crippen molar-refractivity contribution in [2.75, 3.05) is 47.5 Å². The van der Waals surface area contributed by atoms with Crippen LogP contribution in [-0.2, 0) is 33.3 Å². The van der Waals surface area contributed by atoms with Gasteiger partial charge in [-0.15, -0.1) is 0 Å². The fourth-order valence-electron chi connectivity index (χ4n) is 11.5. The number of carboxylic acids is 1. The largest absolute Gasteiger partial charge is 0.545 e. The molecule has 0 aromatic rings. The number of likely N-dealkylation sites (N-methyl/N-ethyl adjacent to an activating group) is 1. The highest BCUT2D eigenvalue weighted by Crippen LogP contribution is 2.19. The molecular formula is C82H149NO8. The molecule has 0 saturated carbocycles. The second kappa shape index (κ2) is 72.6. The van der Waals surface area contributed by atoms with Gasteiger partial charge in [-0.05, 0) is 83.5 Å². The second-order valence-corrected chi connectivity index (χ2v) is 27.6. The van der Waals surface area contributed by atoms with Crippen LogP contribution < -0.4 is 5.11 Å². The topological polar surface area (TPSA) is 111 Å². The molecule has 0 aromatic carbocycles. The first-order valence-corrected chi connectivity index (χ1v) is 39.1. The SMILES string of the molecule is CC/C=C\C/C=C\C/C=C\C/C=C\C/C=C\CCCCCCCCCCCCCCCCCC(=O)OC(COC(=O)CCCCCCCCCCCCCCCCCCCCCCCCC/C=C\CCCCCCCCCC)COC(OCC[N+](C)(C)C)C(=O)[O-]. The summed E-state index contributed by atoms with van der Waals surface area (Å²) >= 11 is 0. The van der Waals surface area contributed by atoms with Crippen LogP contribution in [0.1, 0.15) is 373 Å². The molecule has 0 rings (SSSR count). The van der Waals surface area contributed by atoms with Crippen LogP contribution in [-0.4, -0.2) is 82.3 Å². The van der Waals surface area contributed by atoms with Crippen LogP contribution in [0.3, 0.4) is 0 Å². The number of rotatable bonds is 73. The lowest BCUT2D eigenvalue weighted by molar-refractivity contribution is -0.870. The Balaban J connectivity index is 4.00. The standard InChI is InChI=1S/C82H149NO8/c1-6-8-10-12-14-16-18-20-22-24-26-28-30-32-34-36-38-39-40-41-43-44-46-48-50-52-54-56-58-60-62-64-66-68-70-72-79(84)89-76-78(77-90-82(81(86)87)88-75-74-83(3,4)5)91-80(85)73-71-69-67-65-63-61-59-57-55-53-51-49-47-45-42-37-35-33-31-29-27-25-23-21-19-17-15-13-11-9-7-2/h9,11,15,17,21,23-24,26-27,29,33,35,78,82H,6-8,10,12-14,16,18-20,22,25,28,30-32,34,36-77H2,1-5H3/b11-9-,17-15-,23-21-,26-24-,29-27-,35-33-. The van der Waals surface area contributed by atoms with Gasteiger partial charge in [0.25, 0.3) is 0 Å². The van der Waals surface area contributed by atoms with Gasteiger partial charge < -0.3 is 33.3 Å². The molecule has 0 aliphatic heterocycles. The van der Waals surface area contributed by atoms with Gasteiger partial charge in [-0.2, -0.15) is 0 Å². The van der Waals surface area contributed by atoms with Crippen LogP contribution in [0.15, 0.2) is 72.9 Å². The lowest BCUT2D eigenvalue weighted by atomic mass is 10.0. The van der Waals surface area contributed by atoms with Crippen LogP contribution in [0, 0.1) is 0 Å². The summed E-state index contributed by atoms with van der Waals surface area (Å²) < 4.78 is 22.9. The number of quaternary nitrogens is 1. The molecular weight excluding hydrogens is 1130 g/mol. The van der Waals surface area contributed by atoms with Crippen molar-refractivity contribution in [2.24, 2.45) is 0 Å². The Bertz CT molecular complexity index is 1730. The zero-order valence-electron chi connectivity index (χ0n) is 60.7. The summed E-state index contributed by atoms with van der Waals surface area (Å²) in [6.07, 6.45) is 94.5. The first-order valence-electron chi connectivity index (χ1n) is 39.1. The molecule has 91 heavy (non-hydrogen) atoms. The number of carboxylic acid groups (broad SMARTS) is 1. The van der Waals surface area contributed by atoms with E-state index in [4.69, 9.17) is 18.9 Å². The average Bonchev–Trinajstić information content (AvgIpc) is 3.65. The third-order valence-corrected chi connectivity index (χ3v) is 17.4. The summed E-state index contributed by atoms with van der Waals surface area (Å²) in [7, 11) is 5.94. The number of hydrogen-bond donors (Lipinski definition) is 0. The van der Waals surface area contributed by atoms with Gasteiger partial charge in [0.1, 0.15) is 13.2 Å². The summed E-state index contributed by atoms with van der Waals surface area (Å²) in [6, 6.07) is 0. The van der Waals surface area contributed by atoms with Crippen LogP contribution in [0.25, 0.3) is 0 Å². The van der Waals surface area contributed by atoms with Crippen molar-refractivity contribution in [2.45, 2.75) is 386 Å². The van der Waals surface area contributed by atoms with E-state index in [1.165, 1.54) is 276 Å². The van der Waals surface area contributed by atoms with Crippen molar-refractivity contribution in [3.8, 4) is 0 Å². The molecule has 2 atom stereocenters. The molecule has 0 aliphatic carbocycles. The number of carbonyl (C=O) groups excluding carboxylic acids is 3. The van der Waals surface area contributed by atoms with E-state index >= 15 is 0 Å². The van der Waals surface area contributed by atoms with E-state index in [0.29, 0.717) is 23.9 Å². The van der Waals surface area contributed by atoms with Crippen molar-refractivity contribution in [3.63, 3.8) is 0 Å². The van der Waals surface area contributed by atoms with Gasteiger partial charge in [0.15, 0.2) is 12.4 Å². The van der Waals surface area contributed by atoms with Gasteiger partial charge in [-0.3, -0.25) is 9.59 Å². The fourth-order valence-corrected chi connectivity index (χ4v) is 11.5. The van der Waals surface area contributed by atoms with Gasteiger partial charge in [0.05, 0.1) is 40.3 Å². The molecule has 530 valence electrons. The van der Waals surface area contributed by atoms with Crippen molar-refractivity contribution in [1.29, 1.82) is 0 Å². The lowest BCUT2D eigenvalue weighted by Gasteiger charge is -2.26. The maximum absolute atomic E-state index is 13.0. The van der Waals surface area contributed by atoms with E-state index in [1.54, 1.807) is 0 Å². The van der Waals surface area contributed by atoms with E-state index in [0.717, 1.165) is 64.2 Å². The number of allylic oxidation sites excluding steroid dienone is 12. The van der Waals surface area contributed by atoms with Crippen LogP contribution in [0.5, 0.6) is 0 Å². The molecule has 0 radical (unpaired) electrons. The molecule has 0 fully saturated rings. The number of esters is 2. The summed E-state index contributed by atoms with van der Waals surface area (Å²) in [5.41, 5.74) is 0. The number of nitrogens with zero attached hydrogens (tertiary/aromatic N) is 1. The molecule has 0 amide bonds. The molecule has 0 bridgehead atoms. The Morgan fingerprint density at radius 1 is 0.341 bits per heavy atom. The molecule has 2 unspecified atom stereocenters. The minimum atomic E-state index is -1.62. The van der Waals surface area contributed by atoms with Crippen molar-refractivity contribution in [3.05, 3.63) is 72.9 Å². The normalized spacial score (nSPS) is 13.0. The summed E-state index contributed by atoms with van der Waals surface area (Å²) in [4.78, 5) is 37.6. The summed E-state index contributed by atoms with van der Waals surface area (Å²) in [5.74, 6) is -2.26. The van der Waals surface area contributed by atoms with Gasteiger partial charge in [-0.25, -0.2) is 0 Å². The van der Waals surface area contributed by atoms with Crippen molar-refractivity contribution < 1.29 is 42.9 Å². The predicted octanol–water partition coefficient (Wildman–Crippen LogP) is 23.5. The van der Waals surface area contributed by atoms with Gasteiger partial charge >= 0.3 is 11.9 Å². The molecule has 0 spiro atoms. The third-order valence-electron chi connectivity index (χ3n) is 17.4. The van der Waals surface area contributed by atoms with E-state index in [2.05, 4.69) is 86.8 Å². The average molecular weight is 1280 g/mol. The fraction of sp³-hybridized carbons (Fsp3) is 0.817. The summed E-state index contributed by atoms with van der Waals surface area (Å²) in [6.45, 7) is 4.69. The number of aliphatic carboxylic acids is 1. The van der Waals surface area contributed by atoms with Crippen LogP contribution >= 0.6 is 0 Å². The van der Waals surface area contributed by atoms with Crippen LogP contribution in [0.4, 0.5) is 0 Å². The second-order valence-electron chi connectivity index (χ2n) is 27.6. The lowest BCUT2D eigenvalue weighted by Crippen LogP contribution is -2.44. The number of carbonyl (C=O) groups is 3. The number of ether oxygens (including phenoxy) is 4. The van der Waals surface area contributed by atoms with E-state index in [1.807, 2.05) is 21.1 Å². The smallest absolute Gasteiger partial charge is 0.306 e. The molecule has 0 heterocycles. The maximum Gasteiger partial charge on any atom is 0.306 e. The highest BCUT2D eigenvalue weighted by molar-refractivity contribution is 5.70. The van der Waals surface area contributed by atoms with Crippen LogP contribution in [0.2, 0.25) is 0 Å². The first kappa shape index (κ1) is 87.7. The zero-order valence-corrected chi connectivity index (χ0v) is 60.7. The maximum atomic E-state index is 13.0. The van der Waals surface area contributed by atoms with E-state index < -0.39 is 24.3 Å². The first-order chi connectivity index (χ1) is 44.6. The van der Waals surface area contributed by atoms with Crippen molar-refractivity contribution >= 4 is 17.9 Å². The Morgan fingerprint density at radius 3 is 0.945 bits per heavy atom. The molecule has 0 N–H and O–H groups in total. The van der Waals surface area contributed by atoms with E-state index in [9.17, 15) is 19.5 Å². The minimum absolute atomic E-state index is 0.148. The summed E-state index contributed by atoms with van der Waals surface area (Å²) in [5, 5.41) is 11.9. The highest BCUT2D eigenvalue weighted by atomic mass is 16.7. The predicted molar refractivity (Wildman–Crippen MR) is 389 cm³/mol. The zero-order chi connectivity index (χ0) is 66.1. The van der Waals surface area contributed by atoms with Gasteiger partial charge in [0.2, 0.25) is 0 Å². The quantitative estimate of drug-likeness (QED) is 0.0195. The number of unbranched alkanes of at least 4 members (excludes halogenated alkanes) is 46. The molecule has 9 heteroatoms. The van der Waals surface area contributed by atoms with Crippen molar-refractivity contribution in [1.82, 2.24) is 0 Å². The Kier molecular flexibility index (Phi) is 69.9. The Hall–Kier alpha value is -3.27. The Morgan fingerprint density at radius 2 is 0.626 bits per heavy atom. The Labute approximate surface area is 564 Å². The van der Waals surface area contributed by atoms with Gasteiger partial charge in [0, 0.05) is 12.8 Å². The molecule has 9 nitrogen and oxygen atoms in total. The molecule has 0 saturated heterocycles. The molecule has 0 aliphatic rings. The van der Waals surface area contributed by atoms with Gasteiger partial charge in [-0.1, -0.05) is 350 Å². The third kappa shape index (κ3) is 74.0.